The van der Waals surface area contributed by atoms with E-state index in [4.69, 9.17) is 10.5 Å². The van der Waals surface area contributed by atoms with Gasteiger partial charge in [-0.05, 0) is 51.7 Å². The topological polar surface area (TPSA) is 38.5 Å². The lowest BCUT2D eigenvalue weighted by Crippen LogP contribution is -2.22. The largest absolute Gasteiger partial charge is 0.491 e. The van der Waals surface area contributed by atoms with E-state index in [0.29, 0.717) is 18.9 Å². The number of rotatable bonds is 6. The molecule has 2 N–H and O–H groups in total. The van der Waals surface area contributed by atoms with Crippen LogP contribution in [0.1, 0.15) is 24.9 Å². The number of benzene rings is 1. The van der Waals surface area contributed by atoms with Crippen LogP contribution in [-0.4, -0.2) is 32.1 Å². The van der Waals surface area contributed by atoms with Crippen LogP contribution in [0.5, 0.6) is 5.75 Å². The van der Waals surface area contributed by atoms with Gasteiger partial charge in [0.15, 0.2) is 11.6 Å². The minimum absolute atomic E-state index is 0.144. The molecule has 0 aromatic heterocycles. The lowest BCUT2D eigenvalue weighted by molar-refractivity contribution is 0.284. The number of halogens is 1. The Bertz CT molecular complexity index is 355. The quantitative estimate of drug-likeness (QED) is 0.828. The van der Waals surface area contributed by atoms with Crippen molar-refractivity contribution in [2.45, 2.75) is 19.4 Å². The molecule has 0 radical (unpaired) electrons. The van der Waals surface area contributed by atoms with Gasteiger partial charge in [0, 0.05) is 6.04 Å². The summed E-state index contributed by atoms with van der Waals surface area (Å²) in [7, 11) is 3.93. The summed E-state index contributed by atoms with van der Waals surface area (Å²) in [6.45, 7) is 2.89. The molecule has 1 unspecified atom stereocenters. The normalized spacial score (nSPS) is 12.8. The van der Waals surface area contributed by atoms with Gasteiger partial charge in [-0.1, -0.05) is 6.07 Å². The van der Waals surface area contributed by atoms with Crippen molar-refractivity contribution in [3.8, 4) is 5.75 Å². The van der Waals surface area contributed by atoms with Gasteiger partial charge in [0.1, 0.15) is 0 Å². The van der Waals surface area contributed by atoms with Crippen LogP contribution in [-0.2, 0) is 0 Å². The second kappa shape index (κ2) is 6.57. The van der Waals surface area contributed by atoms with Crippen molar-refractivity contribution in [2.75, 3.05) is 27.2 Å². The average Bonchev–Trinajstić information content (AvgIpc) is 2.28. The van der Waals surface area contributed by atoms with Crippen LogP contribution in [0, 0.1) is 5.82 Å². The maximum atomic E-state index is 13.7. The number of hydrogen-bond donors (Lipinski definition) is 1. The first-order valence-corrected chi connectivity index (χ1v) is 5.88. The lowest BCUT2D eigenvalue weighted by atomic mass is 10.0. The van der Waals surface area contributed by atoms with Crippen LogP contribution < -0.4 is 10.5 Å². The Labute approximate surface area is 102 Å². The molecule has 1 atom stereocenters. The fourth-order valence-corrected chi connectivity index (χ4v) is 1.88. The molecule has 1 rings (SSSR count). The summed E-state index contributed by atoms with van der Waals surface area (Å²) >= 11 is 0. The SMILES string of the molecule is CCOc1ccc(C(CCN)N(C)C)cc1F. The molecule has 1 aromatic rings. The first kappa shape index (κ1) is 13.9. The average molecular weight is 240 g/mol. The van der Waals surface area contributed by atoms with E-state index in [9.17, 15) is 4.39 Å². The van der Waals surface area contributed by atoms with Gasteiger partial charge < -0.3 is 15.4 Å². The maximum absolute atomic E-state index is 13.7. The fourth-order valence-electron chi connectivity index (χ4n) is 1.88. The molecule has 0 amide bonds. The van der Waals surface area contributed by atoms with Crippen LogP contribution in [0.15, 0.2) is 18.2 Å². The molecule has 0 aliphatic rings. The minimum Gasteiger partial charge on any atom is -0.491 e. The Balaban J connectivity index is 2.93. The number of nitrogens with zero attached hydrogens (tertiary/aromatic N) is 1. The van der Waals surface area contributed by atoms with Crippen LogP contribution in [0.25, 0.3) is 0 Å². The fraction of sp³-hybridized carbons (Fsp3) is 0.538. The van der Waals surface area contributed by atoms with E-state index in [1.165, 1.54) is 6.07 Å². The zero-order valence-electron chi connectivity index (χ0n) is 10.7. The molecule has 0 aliphatic carbocycles. The zero-order chi connectivity index (χ0) is 12.8. The van der Waals surface area contributed by atoms with Crippen LogP contribution in [0.2, 0.25) is 0 Å². The van der Waals surface area contributed by atoms with E-state index in [2.05, 4.69) is 0 Å². The van der Waals surface area contributed by atoms with Gasteiger partial charge in [0.2, 0.25) is 0 Å². The van der Waals surface area contributed by atoms with E-state index in [0.717, 1.165) is 12.0 Å². The summed E-state index contributed by atoms with van der Waals surface area (Å²) < 4.78 is 18.9. The van der Waals surface area contributed by atoms with Gasteiger partial charge in [-0.3, -0.25) is 0 Å². The Hall–Kier alpha value is -1.13. The van der Waals surface area contributed by atoms with Gasteiger partial charge in [0.25, 0.3) is 0 Å². The van der Waals surface area contributed by atoms with Gasteiger partial charge in [-0.2, -0.15) is 0 Å². The van der Waals surface area contributed by atoms with Gasteiger partial charge in [-0.15, -0.1) is 0 Å². The Morgan fingerprint density at radius 2 is 2.12 bits per heavy atom. The van der Waals surface area contributed by atoms with E-state index in [1.807, 2.05) is 32.0 Å². The summed E-state index contributed by atoms with van der Waals surface area (Å²) in [4.78, 5) is 2.04. The van der Waals surface area contributed by atoms with Crippen molar-refractivity contribution in [1.29, 1.82) is 0 Å². The van der Waals surface area contributed by atoms with Crippen molar-refractivity contribution >= 4 is 0 Å². The summed E-state index contributed by atoms with van der Waals surface area (Å²) in [6, 6.07) is 5.26. The first-order chi connectivity index (χ1) is 8.10. The third kappa shape index (κ3) is 3.68. The summed E-state index contributed by atoms with van der Waals surface area (Å²) in [5, 5.41) is 0. The van der Waals surface area contributed by atoms with Crippen LogP contribution in [0.4, 0.5) is 4.39 Å². The third-order valence-corrected chi connectivity index (χ3v) is 2.70. The smallest absolute Gasteiger partial charge is 0.165 e. The van der Waals surface area contributed by atoms with Crippen molar-refractivity contribution in [3.63, 3.8) is 0 Å². The summed E-state index contributed by atoms with van der Waals surface area (Å²) in [6.07, 6.45) is 0.806. The molecule has 0 heterocycles. The Morgan fingerprint density at radius 1 is 1.41 bits per heavy atom. The standard InChI is InChI=1S/C13H21FN2O/c1-4-17-13-6-5-10(9-11(13)14)12(7-8-15)16(2)3/h5-6,9,12H,4,7-8,15H2,1-3H3. The van der Waals surface area contributed by atoms with E-state index < -0.39 is 0 Å². The van der Waals surface area contributed by atoms with Crippen molar-refractivity contribution in [3.05, 3.63) is 29.6 Å². The van der Waals surface area contributed by atoms with Gasteiger partial charge >= 0.3 is 0 Å². The molecule has 4 heteroatoms. The highest BCUT2D eigenvalue weighted by atomic mass is 19.1. The second-order valence-electron chi connectivity index (χ2n) is 4.18. The monoisotopic (exact) mass is 240 g/mol. The molecule has 0 fully saturated rings. The number of hydrogen-bond acceptors (Lipinski definition) is 3. The van der Waals surface area contributed by atoms with Crippen molar-refractivity contribution < 1.29 is 9.13 Å². The summed E-state index contributed by atoms with van der Waals surface area (Å²) in [5.41, 5.74) is 6.51. The Kier molecular flexibility index (Phi) is 5.38. The summed E-state index contributed by atoms with van der Waals surface area (Å²) in [5.74, 6) is -0.00488. The highest BCUT2D eigenvalue weighted by molar-refractivity contribution is 5.31. The first-order valence-electron chi connectivity index (χ1n) is 5.88. The van der Waals surface area contributed by atoms with E-state index in [-0.39, 0.29) is 11.9 Å². The molecule has 1 aromatic carbocycles. The minimum atomic E-state index is -0.312. The Morgan fingerprint density at radius 3 is 2.59 bits per heavy atom. The molecular formula is C13H21FN2O. The van der Waals surface area contributed by atoms with Gasteiger partial charge in [-0.25, -0.2) is 4.39 Å². The molecule has 17 heavy (non-hydrogen) atoms. The van der Waals surface area contributed by atoms with Crippen LogP contribution >= 0.6 is 0 Å². The molecule has 0 saturated heterocycles. The molecule has 0 spiro atoms. The number of ether oxygens (including phenoxy) is 1. The second-order valence-corrected chi connectivity index (χ2v) is 4.18. The number of nitrogens with two attached hydrogens (primary N) is 1. The van der Waals surface area contributed by atoms with E-state index in [1.54, 1.807) is 6.07 Å². The van der Waals surface area contributed by atoms with Crippen LogP contribution in [0.3, 0.4) is 0 Å². The van der Waals surface area contributed by atoms with Crippen molar-refractivity contribution in [1.82, 2.24) is 4.90 Å². The van der Waals surface area contributed by atoms with Gasteiger partial charge in [0.05, 0.1) is 6.61 Å². The molecule has 0 aliphatic heterocycles. The highest BCUT2D eigenvalue weighted by Crippen LogP contribution is 2.26. The molecule has 0 bridgehead atoms. The lowest BCUT2D eigenvalue weighted by Gasteiger charge is -2.24. The highest BCUT2D eigenvalue weighted by Gasteiger charge is 2.15. The molecular weight excluding hydrogens is 219 g/mol. The maximum Gasteiger partial charge on any atom is 0.165 e. The predicted molar refractivity (Wildman–Crippen MR) is 67.7 cm³/mol. The molecule has 3 nitrogen and oxygen atoms in total. The molecule has 96 valence electrons. The van der Waals surface area contributed by atoms with Crippen molar-refractivity contribution in [2.24, 2.45) is 5.73 Å². The zero-order valence-corrected chi connectivity index (χ0v) is 10.7. The third-order valence-electron chi connectivity index (χ3n) is 2.70. The van der Waals surface area contributed by atoms with E-state index >= 15 is 0 Å². The molecule has 0 saturated carbocycles. The predicted octanol–water partition coefficient (Wildman–Crippen LogP) is 2.18.